The molecular formula is C24H30N4O2. The third-order valence-electron chi connectivity index (χ3n) is 5.81. The number of rotatable bonds is 7. The molecule has 3 heterocycles. The van der Waals surface area contributed by atoms with Crippen LogP contribution in [0.2, 0.25) is 0 Å². The van der Waals surface area contributed by atoms with Crippen LogP contribution in [0, 0.1) is 6.92 Å². The molecule has 1 aliphatic heterocycles. The zero-order valence-corrected chi connectivity index (χ0v) is 17.8. The van der Waals surface area contributed by atoms with Crippen LogP contribution >= 0.6 is 0 Å². The highest BCUT2D eigenvalue weighted by atomic mass is 16.3. The van der Waals surface area contributed by atoms with Crippen molar-refractivity contribution < 1.29 is 9.21 Å². The molecule has 0 bridgehead atoms. The number of likely N-dealkylation sites (tertiary alicyclic amines) is 1. The summed E-state index contributed by atoms with van der Waals surface area (Å²) < 4.78 is 7.19. The molecule has 0 saturated carbocycles. The van der Waals surface area contributed by atoms with Gasteiger partial charge in [-0.05, 0) is 69.5 Å². The second-order valence-electron chi connectivity index (χ2n) is 8.13. The van der Waals surface area contributed by atoms with Gasteiger partial charge in [-0.3, -0.25) is 4.79 Å². The van der Waals surface area contributed by atoms with E-state index in [1.165, 1.54) is 25.8 Å². The molecule has 0 aliphatic carbocycles. The maximum atomic E-state index is 13.0. The van der Waals surface area contributed by atoms with E-state index in [0.717, 1.165) is 24.2 Å². The Hall–Kier alpha value is -2.86. The first-order valence-corrected chi connectivity index (χ1v) is 10.8. The lowest BCUT2D eigenvalue weighted by Crippen LogP contribution is -2.39. The lowest BCUT2D eigenvalue weighted by molar-refractivity contribution is 0.0941. The van der Waals surface area contributed by atoms with E-state index in [4.69, 9.17) is 4.42 Å². The Morgan fingerprint density at radius 3 is 2.90 bits per heavy atom. The zero-order valence-electron chi connectivity index (χ0n) is 17.8. The van der Waals surface area contributed by atoms with Gasteiger partial charge in [0.25, 0.3) is 5.91 Å². The Balaban J connectivity index is 1.47. The molecule has 0 unspecified atom stereocenters. The van der Waals surface area contributed by atoms with Gasteiger partial charge in [-0.15, -0.1) is 0 Å². The second kappa shape index (κ2) is 9.30. The summed E-state index contributed by atoms with van der Waals surface area (Å²) in [6.45, 7) is 7.17. The lowest BCUT2D eigenvalue weighted by atomic mass is 10.0. The number of hydrogen-bond donors (Lipinski definition) is 1. The van der Waals surface area contributed by atoms with Crippen LogP contribution in [0.1, 0.15) is 48.7 Å². The van der Waals surface area contributed by atoms with Crippen LogP contribution in [0.25, 0.3) is 17.1 Å². The summed E-state index contributed by atoms with van der Waals surface area (Å²) in [7, 11) is 0. The van der Waals surface area contributed by atoms with E-state index in [0.29, 0.717) is 29.7 Å². The third-order valence-corrected chi connectivity index (χ3v) is 5.81. The van der Waals surface area contributed by atoms with Gasteiger partial charge in [0.1, 0.15) is 11.4 Å². The molecule has 4 rings (SSSR count). The SMILES string of the molecule is Cc1cccc(-n2nc(-c3ccco3)cc2C(=O)NCCCN2CCCC[C@H]2C)c1. The summed E-state index contributed by atoms with van der Waals surface area (Å²) in [5.41, 5.74) is 3.14. The second-order valence-corrected chi connectivity index (χ2v) is 8.13. The number of carbonyl (C=O) groups excluding carboxylic acids is 1. The Labute approximate surface area is 177 Å². The van der Waals surface area contributed by atoms with Crippen molar-refractivity contribution in [3.8, 4) is 17.1 Å². The summed E-state index contributed by atoms with van der Waals surface area (Å²) in [5, 5.41) is 7.73. The normalized spacial score (nSPS) is 17.2. The number of nitrogens with one attached hydrogen (secondary N) is 1. The maximum absolute atomic E-state index is 13.0. The van der Waals surface area contributed by atoms with E-state index in [1.807, 2.05) is 43.3 Å². The van der Waals surface area contributed by atoms with Gasteiger partial charge in [-0.2, -0.15) is 5.10 Å². The molecule has 6 heteroatoms. The van der Waals surface area contributed by atoms with Crippen molar-refractivity contribution in [3.63, 3.8) is 0 Å². The Kier molecular flexibility index (Phi) is 6.33. The van der Waals surface area contributed by atoms with Gasteiger partial charge in [0, 0.05) is 25.2 Å². The monoisotopic (exact) mass is 406 g/mol. The number of piperidine rings is 1. The summed E-state index contributed by atoms with van der Waals surface area (Å²) in [6.07, 6.45) is 6.44. The number of aromatic nitrogens is 2. The average Bonchev–Trinajstić information content (AvgIpc) is 3.42. The summed E-state index contributed by atoms with van der Waals surface area (Å²) in [5.74, 6) is 0.531. The number of benzene rings is 1. The largest absolute Gasteiger partial charge is 0.463 e. The fourth-order valence-corrected chi connectivity index (χ4v) is 4.11. The van der Waals surface area contributed by atoms with E-state index in [-0.39, 0.29) is 5.91 Å². The zero-order chi connectivity index (χ0) is 20.9. The third kappa shape index (κ3) is 4.65. The van der Waals surface area contributed by atoms with Crippen molar-refractivity contribution in [3.05, 3.63) is 60.0 Å². The fourth-order valence-electron chi connectivity index (χ4n) is 4.11. The molecule has 3 aromatic rings. The van der Waals surface area contributed by atoms with E-state index in [9.17, 15) is 4.79 Å². The van der Waals surface area contributed by atoms with Gasteiger partial charge in [-0.25, -0.2) is 4.68 Å². The Morgan fingerprint density at radius 2 is 2.13 bits per heavy atom. The van der Waals surface area contributed by atoms with Crippen LogP contribution in [-0.2, 0) is 0 Å². The summed E-state index contributed by atoms with van der Waals surface area (Å²) in [6, 6.07) is 14.1. The minimum absolute atomic E-state index is 0.117. The first-order chi connectivity index (χ1) is 14.6. The van der Waals surface area contributed by atoms with Gasteiger partial charge < -0.3 is 14.6 Å². The molecular weight excluding hydrogens is 376 g/mol. The highest BCUT2D eigenvalue weighted by Gasteiger charge is 2.20. The van der Waals surface area contributed by atoms with Gasteiger partial charge in [0.15, 0.2) is 5.76 Å². The van der Waals surface area contributed by atoms with Crippen molar-refractivity contribution >= 4 is 5.91 Å². The average molecular weight is 407 g/mol. The molecule has 158 valence electrons. The molecule has 1 amide bonds. The number of amides is 1. The number of hydrogen-bond acceptors (Lipinski definition) is 4. The smallest absolute Gasteiger partial charge is 0.270 e. The van der Waals surface area contributed by atoms with Crippen molar-refractivity contribution in [2.24, 2.45) is 0 Å². The van der Waals surface area contributed by atoms with Crippen molar-refractivity contribution in [1.29, 1.82) is 0 Å². The highest BCUT2D eigenvalue weighted by Crippen LogP contribution is 2.23. The van der Waals surface area contributed by atoms with Crippen molar-refractivity contribution in [2.75, 3.05) is 19.6 Å². The summed E-state index contributed by atoms with van der Waals surface area (Å²) in [4.78, 5) is 15.5. The molecule has 0 radical (unpaired) electrons. The Morgan fingerprint density at radius 1 is 1.23 bits per heavy atom. The van der Waals surface area contributed by atoms with Crippen LogP contribution in [-0.4, -0.2) is 46.3 Å². The van der Waals surface area contributed by atoms with Gasteiger partial charge in [-0.1, -0.05) is 18.6 Å². The van der Waals surface area contributed by atoms with Gasteiger partial charge >= 0.3 is 0 Å². The quantitative estimate of drug-likeness (QED) is 0.590. The molecule has 2 aromatic heterocycles. The minimum atomic E-state index is -0.117. The minimum Gasteiger partial charge on any atom is -0.463 e. The highest BCUT2D eigenvalue weighted by molar-refractivity contribution is 5.94. The number of nitrogens with zero attached hydrogens (tertiary/aromatic N) is 3. The molecule has 0 spiro atoms. The first kappa shape index (κ1) is 20.4. The predicted octanol–water partition coefficient (Wildman–Crippen LogP) is 4.44. The first-order valence-electron chi connectivity index (χ1n) is 10.8. The molecule has 1 aliphatic rings. The van der Waals surface area contributed by atoms with E-state index < -0.39 is 0 Å². The number of carbonyl (C=O) groups is 1. The van der Waals surface area contributed by atoms with E-state index >= 15 is 0 Å². The topological polar surface area (TPSA) is 63.3 Å². The summed E-state index contributed by atoms with van der Waals surface area (Å²) >= 11 is 0. The van der Waals surface area contributed by atoms with E-state index in [1.54, 1.807) is 17.0 Å². The lowest BCUT2D eigenvalue weighted by Gasteiger charge is -2.33. The molecule has 1 N–H and O–H groups in total. The van der Waals surface area contributed by atoms with Crippen molar-refractivity contribution in [2.45, 2.75) is 45.6 Å². The molecule has 1 saturated heterocycles. The molecule has 1 aromatic carbocycles. The van der Waals surface area contributed by atoms with Gasteiger partial charge in [0.2, 0.25) is 0 Å². The predicted molar refractivity (Wildman–Crippen MR) is 118 cm³/mol. The fraction of sp³-hybridized carbons (Fsp3) is 0.417. The van der Waals surface area contributed by atoms with Crippen LogP contribution in [0.5, 0.6) is 0 Å². The van der Waals surface area contributed by atoms with Crippen LogP contribution in [0.4, 0.5) is 0 Å². The maximum Gasteiger partial charge on any atom is 0.270 e. The number of aryl methyl sites for hydroxylation is 1. The van der Waals surface area contributed by atoms with Crippen LogP contribution < -0.4 is 5.32 Å². The van der Waals surface area contributed by atoms with Crippen LogP contribution in [0.15, 0.2) is 53.1 Å². The van der Waals surface area contributed by atoms with Crippen molar-refractivity contribution in [1.82, 2.24) is 20.0 Å². The van der Waals surface area contributed by atoms with Crippen LogP contribution in [0.3, 0.4) is 0 Å². The van der Waals surface area contributed by atoms with Gasteiger partial charge in [0.05, 0.1) is 12.0 Å². The molecule has 1 atom stereocenters. The number of furan rings is 1. The molecule has 1 fully saturated rings. The van der Waals surface area contributed by atoms with E-state index in [2.05, 4.69) is 22.2 Å². The standard InChI is InChI=1S/C24H30N4O2/c1-18-8-5-10-20(16-18)28-22(17-21(26-28)23-11-6-15-30-23)24(29)25-12-7-14-27-13-4-3-9-19(27)2/h5-6,8,10-11,15-17,19H,3-4,7,9,12-14H2,1-2H3,(H,25,29)/t19-/m1/s1. The Bertz CT molecular complexity index is 977. The molecule has 6 nitrogen and oxygen atoms in total. The molecule has 30 heavy (non-hydrogen) atoms.